The monoisotopic (exact) mass is 423 g/mol. The van der Waals surface area contributed by atoms with Gasteiger partial charge in [0.1, 0.15) is 6.04 Å². The van der Waals surface area contributed by atoms with Crippen molar-refractivity contribution in [3.05, 3.63) is 58.6 Å². The van der Waals surface area contributed by atoms with Crippen LogP contribution in [0.15, 0.2) is 48.5 Å². The van der Waals surface area contributed by atoms with Gasteiger partial charge in [0.05, 0.1) is 16.6 Å². The van der Waals surface area contributed by atoms with Crippen LogP contribution in [0.4, 0.5) is 21.0 Å². The molecule has 0 bridgehead atoms. The Morgan fingerprint density at radius 1 is 1.11 bits per heavy atom. The van der Waals surface area contributed by atoms with Crippen molar-refractivity contribution in [3.63, 3.8) is 0 Å². The zero-order valence-corrected chi connectivity index (χ0v) is 15.8. The molecule has 0 saturated carbocycles. The highest BCUT2D eigenvalue weighted by molar-refractivity contribution is 6.42. The number of urea groups is 1. The number of hydrogen-bond donors (Lipinski definition) is 3. The second-order valence-corrected chi connectivity index (χ2v) is 6.73. The summed E-state index contributed by atoms with van der Waals surface area (Å²) in [6.45, 7) is -0.0210. The molecule has 0 unspecified atom stereocenters. The smallest absolute Gasteiger partial charge is 0.450 e. The summed E-state index contributed by atoms with van der Waals surface area (Å²) in [6.07, 6.45) is -2.60. The Bertz CT molecular complexity index is 909. The summed E-state index contributed by atoms with van der Waals surface area (Å²) >= 11 is 11.7. The highest BCUT2D eigenvalue weighted by Crippen LogP contribution is 2.26. The molecule has 0 spiro atoms. The maximum Gasteiger partial charge on any atom is 0.506 e. The number of amides is 3. The molecule has 0 aromatic heterocycles. The van der Waals surface area contributed by atoms with E-state index in [2.05, 4.69) is 10.6 Å². The summed E-state index contributed by atoms with van der Waals surface area (Å²) in [7, 11) is 0. The van der Waals surface area contributed by atoms with E-state index in [9.17, 15) is 14.4 Å². The number of nitrogens with one attached hydrogen (secondary N) is 2. The predicted molar refractivity (Wildman–Crippen MR) is 104 cm³/mol. The number of carbonyl (C=O) groups is 3. The van der Waals surface area contributed by atoms with Gasteiger partial charge in [0.25, 0.3) is 5.91 Å². The molecular formula is C18H15Cl2N3O5. The minimum atomic E-state index is -1.54. The standard InChI is InChI=1S/C18H15Cl2N3O5/c19-12-7-6-10(8-13(12)20)21-17(25)22-15-14(28-18(26)27)9-23(16(15)24)11-4-2-1-3-5-11/h1-8,14-15H,9H2,(H,26,27)(H2,21,22,25)/t14-,15-/m0/s1. The number of rotatable bonds is 4. The minimum Gasteiger partial charge on any atom is -0.450 e. The molecule has 2 aromatic rings. The van der Waals surface area contributed by atoms with Crippen LogP contribution in [0.25, 0.3) is 0 Å². The third-order valence-corrected chi connectivity index (χ3v) is 4.79. The summed E-state index contributed by atoms with van der Waals surface area (Å²) in [5.74, 6) is -0.485. The highest BCUT2D eigenvalue weighted by atomic mass is 35.5. The lowest BCUT2D eigenvalue weighted by atomic mass is 10.2. The molecule has 8 nitrogen and oxygen atoms in total. The van der Waals surface area contributed by atoms with Crippen LogP contribution < -0.4 is 15.5 Å². The topological polar surface area (TPSA) is 108 Å². The van der Waals surface area contributed by atoms with Crippen molar-refractivity contribution < 1.29 is 24.2 Å². The van der Waals surface area contributed by atoms with Crippen molar-refractivity contribution >= 4 is 52.7 Å². The summed E-state index contributed by atoms with van der Waals surface area (Å²) in [5.41, 5.74) is 0.925. The number of anilines is 2. The molecule has 0 aliphatic carbocycles. The van der Waals surface area contributed by atoms with Crippen molar-refractivity contribution in [2.45, 2.75) is 12.1 Å². The van der Waals surface area contributed by atoms with Gasteiger partial charge >= 0.3 is 12.2 Å². The van der Waals surface area contributed by atoms with Crippen molar-refractivity contribution in [2.24, 2.45) is 0 Å². The molecule has 1 saturated heterocycles. The van der Waals surface area contributed by atoms with Gasteiger partial charge in [0, 0.05) is 11.4 Å². The van der Waals surface area contributed by atoms with E-state index >= 15 is 0 Å². The minimum absolute atomic E-state index is 0.0210. The van der Waals surface area contributed by atoms with Crippen LogP contribution in [0.5, 0.6) is 0 Å². The molecule has 1 heterocycles. The van der Waals surface area contributed by atoms with Crippen molar-refractivity contribution in [3.8, 4) is 0 Å². The molecule has 3 amide bonds. The largest absolute Gasteiger partial charge is 0.506 e. The van der Waals surface area contributed by atoms with E-state index in [4.69, 9.17) is 33.0 Å². The molecule has 3 rings (SSSR count). The zero-order chi connectivity index (χ0) is 20.3. The van der Waals surface area contributed by atoms with Crippen LogP contribution >= 0.6 is 23.2 Å². The van der Waals surface area contributed by atoms with Crippen LogP contribution in [0, 0.1) is 0 Å². The fourth-order valence-corrected chi connectivity index (χ4v) is 3.11. The number of benzene rings is 2. The molecule has 2 atom stereocenters. The van der Waals surface area contributed by atoms with Gasteiger partial charge in [0.2, 0.25) is 0 Å². The Morgan fingerprint density at radius 2 is 1.82 bits per heavy atom. The first-order chi connectivity index (χ1) is 13.3. The van der Waals surface area contributed by atoms with E-state index in [1.54, 1.807) is 30.3 Å². The maximum absolute atomic E-state index is 12.8. The van der Waals surface area contributed by atoms with Crippen molar-refractivity contribution in [1.29, 1.82) is 0 Å². The van der Waals surface area contributed by atoms with Crippen LogP contribution in [0.1, 0.15) is 0 Å². The summed E-state index contributed by atoms with van der Waals surface area (Å²) in [5, 5.41) is 14.5. The number of ether oxygens (including phenoxy) is 1. The first kappa shape index (κ1) is 19.8. The quantitative estimate of drug-likeness (QED) is 0.651. The van der Waals surface area contributed by atoms with Gasteiger partial charge in [-0.25, -0.2) is 9.59 Å². The Labute approximate surface area is 170 Å². The maximum atomic E-state index is 12.8. The van der Waals surface area contributed by atoms with Gasteiger partial charge in [-0.1, -0.05) is 41.4 Å². The lowest BCUT2D eigenvalue weighted by Gasteiger charge is -2.17. The molecule has 10 heteroatoms. The SMILES string of the molecule is O=C(Nc1ccc(Cl)c(Cl)c1)N[C@@H]1C(=O)N(c2ccccc2)C[C@@H]1OC(=O)O. The molecule has 146 valence electrons. The number of carbonyl (C=O) groups excluding carboxylic acids is 2. The van der Waals surface area contributed by atoms with Gasteiger partial charge < -0.3 is 25.4 Å². The van der Waals surface area contributed by atoms with Crippen molar-refractivity contribution in [1.82, 2.24) is 5.32 Å². The van der Waals surface area contributed by atoms with E-state index < -0.39 is 30.2 Å². The lowest BCUT2D eigenvalue weighted by molar-refractivity contribution is -0.119. The average molecular weight is 424 g/mol. The molecule has 0 radical (unpaired) electrons. The van der Waals surface area contributed by atoms with Crippen LogP contribution in [-0.2, 0) is 9.53 Å². The Morgan fingerprint density at radius 3 is 2.46 bits per heavy atom. The molecule has 1 aliphatic rings. The second-order valence-electron chi connectivity index (χ2n) is 5.91. The first-order valence-corrected chi connectivity index (χ1v) is 8.89. The summed E-state index contributed by atoms with van der Waals surface area (Å²) < 4.78 is 4.80. The summed E-state index contributed by atoms with van der Waals surface area (Å²) in [6, 6.07) is 11.3. The van der Waals surface area contributed by atoms with Crippen LogP contribution in [0.2, 0.25) is 10.0 Å². The fourth-order valence-electron chi connectivity index (χ4n) is 2.81. The van der Waals surface area contributed by atoms with Gasteiger partial charge in [-0.15, -0.1) is 0 Å². The van der Waals surface area contributed by atoms with E-state index in [0.717, 1.165) is 0 Å². The third-order valence-electron chi connectivity index (χ3n) is 4.05. The molecule has 1 aliphatic heterocycles. The van der Waals surface area contributed by atoms with Crippen LogP contribution in [0.3, 0.4) is 0 Å². The van der Waals surface area contributed by atoms with Crippen LogP contribution in [-0.4, -0.2) is 41.9 Å². The molecule has 3 N–H and O–H groups in total. The number of nitrogens with zero attached hydrogens (tertiary/aromatic N) is 1. The average Bonchev–Trinajstić information content (AvgIpc) is 2.94. The molecule has 1 fully saturated rings. The summed E-state index contributed by atoms with van der Waals surface area (Å²) in [4.78, 5) is 37.4. The zero-order valence-electron chi connectivity index (χ0n) is 14.3. The fraction of sp³-hybridized carbons (Fsp3) is 0.167. The van der Waals surface area contributed by atoms with Crippen molar-refractivity contribution in [2.75, 3.05) is 16.8 Å². The van der Waals surface area contributed by atoms with Gasteiger partial charge in [-0.2, -0.15) is 0 Å². The number of carboxylic acid groups (broad SMARTS) is 1. The van der Waals surface area contributed by atoms with Gasteiger partial charge in [-0.3, -0.25) is 4.79 Å². The van der Waals surface area contributed by atoms with E-state index in [-0.39, 0.29) is 11.6 Å². The molecular weight excluding hydrogens is 409 g/mol. The predicted octanol–water partition coefficient (Wildman–Crippen LogP) is 3.59. The second kappa shape index (κ2) is 8.37. The third kappa shape index (κ3) is 4.47. The van der Waals surface area contributed by atoms with Gasteiger partial charge in [0.15, 0.2) is 6.10 Å². The number of hydrogen-bond acceptors (Lipinski definition) is 4. The Kier molecular flexibility index (Phi) is 5.91. The number of para-hydroxylation sites is 1. The highest BCUT2D eigenvalue weighted by Gasteiger charge is 2.44. The molecule has 2 aromatic carbocycles. The normalized spacial score (nSPS) is 18.6. The van der Waals surface area contributed by atoms with E-state index in [1.165, 1.54) is 23.1 Å². The van der Waals surface area contributed by atoms with Gasteiger partial charge in [-0.05, 0) is 30.3 Å². The molecule has 28 heavy (non-hydrogen) atoms. The number of halogens is 2. The Balaban J connectivity index is 1.75. The van der Waals surface area contributed by atoms with E-state index in [0.29, 0.717) is 16.4 Å². The van der Waals surface area contributed by atoms with E-state index in [1.807, 2.05) is 0 Å². The first-order valence-electron chi connectivity index (χ1n) is 8.13. The lowest BCUT2D eigenvalue weighted by Crippen LogP contribution is -2.48. The Hall–Kier alpha value is -2.97.